The summed E-state index contributed by atoms with van der Waals surface area (Å²) < 4.78 is 46.3. The van der Waals surface area contributed by atoms with Crippen LogP contribution in [0.4, 0.5) is 19.0 Å². The van der Waals surface area contributed by atoms with Crippen LogP contribution in [0.25, 0.3) is 11.3 Å². The highest BCUT2D eigenvalue weighted by molar-refractivity contribution is 5.66. The summed E-state index contributed by atoms with van der Waals surface area (Å²) in [6, 6.07) is 6.06. The fourth-order valence-corrected chi connectivity index (χ4v) is 2.84. The van der Waals surface area contributed by atoms with Crippen LogP contribution in [-0.4, -0.2) is 36.5 Å². The Kier molecular flexibility index (Phi) is 4.96. The van der Waals surface area contributed by atoms with Crippen LogP contribution in [0.3, 0.4) is 0 Å². The second-order valence-electron chi connectivity index (χ2n) is 5.72. The molecule has 1 fully saturated rings. The molecule has 3 rings (SSSR count). The molecule has 0 bridgehead atoms. The van der Waals surface area contributed by atoms with Gasteiger partial charge in [-0.25, -0.2) is 9.97 Å². The molecule has 5 nitrogen and oxygen atoms in total. The number of anilines is 1. The lowest BCUT2D eigenvalue weighted by atomic mass is 10.1. The van der Waals surface area contributed by atoms with Gasteiger partial charge in [-0.1, -0.05) is 0 Å². The van der Waals surface area contributed by atoms with Gasteiger partial charge < -0.3 is 14.4 Å². The molecule has 1 saturated heterocycles. The smallest absolute Gasteiger partial charge is 0.493 e. The normalized spacial score (nSPS) is 15.1. The van der Waals surface area contributed by atoms with Crippen molar-refractivity contribution in [1.29, 1.82) is 0 Å². The van der Waals surface area contributed by atoms with E-state index < -0.39 is 6.36 Å². The highest BCUT2D eigenvalue weighted by Gasteiger charge is 2.32. The minimum atomic E-state index is -4.77. The van der Waals surface area contributed by atoms with E-state index in [0.29, 0.717) is 11.3 Å². The quantitative estimate of drug-likeness (QED) is 0.830. The molecule has 0 atom stereocenters. The molecule has 1 aliphatic heterocycles. The molecule has 1 aliphatic rings. The molecule has 0 saturated carbocycles. The molecule has 0 amide bonds. The lowest BCUT2D eigenvalue weighted by molar-refractivity contribution is -0.275. The molecule has 1 aromatic heterocycles. The molecule has 2 heterocycles. The Labute approximate surface area is 143 Å². The third-order valence-electron chi connectivity index (χ3n) is 4.02. The van der Waals surface area contributed by atoms with Crippen molar-refractivity contribution in [1.82, 2.24) is 9.97 Å². The van der Waals surface area contributed by atoms with Gasteiger partial charge >= 0.3 is 6.36 Å². The fraction of sp³-hybridized carbons (Fsp3) is 0.412. The second-order valence-corrected chi connectivity index (χ2v) is 5.72. The van der Waals surface area contributed by atoms with Crippen LogP contribution in [0.15, 0.2) is 30.6 Å². The number of rotatable bonds is 4. The van der Waals surface area contributed by atoms with Crippen molar-refractivity contribution in [2.24, 2.45) is 0 Å². The van der Waals surface area contributed by atoms with Gasteiger partial charge in [0.2, 0.25) is 0 Å². The molecule has 134 valence electrons. The number of piperidine rings is 1. The fourth-order valence-electron chi connectivity index (χ4n) is 2.84. The van der Waals surface area contributed by atoms with Gasteiger partial charge in [0.1, 0.15) is 12.1 Å². The molecule has 0 N–H and O–H groups in total. The minimum absolute atomic E-state index is 0.00652. The van der Waals surface area contributed by atoms with Crippen molar-refractivity contribution in [3.63, 3.8) is 0 Å². The number of alkyl halides is 3. The topological polar surface area (TPSA) is 47.5 Å². The SMILES string of the molecule is COc1cc(-c2cc(N3CCCCC3)ncn2)ccc1OC(F)(F)F. The van der Waals surface area contributed by atoms with Crippen molar-refractivity contribution in [2.75, 3.05) is 25.1 Å². The van der Waals surface area contributed by atoms with E-state index in [0.717, 1.165) is 31.7 Å². The summed E-state index contributed by atoms with van der Waals surface area (Å²) in [6.07, 6.45) is 0.149. The Bertz CT molecular complexity index is 731. The Morgan fingerprint density at radius 2 is 1.76 bits per heavy atom. The van der Waals surface area contributed by atoms with Gasteiger partial charge in [-0.2, -0.15) is 0 Å². The van der Waals surface area contributed by atoms with Gasteiger partial charge in [0.25, 0.3) is 0 Å². The van der Waals surface area contributed by atoms with Crippen LogP contribution in [-0.2, 0) is 0 Å². The number of hydrogen-bond donors (Lipinski definition) is 0. The van der Waals surface area contributed by atoms with E-state index in [2.05, 4.69) is 19.6 Å². The molecule has 0 spiro atoms. The Morgan fingerprint density at radius 3 is 2.44 bits per heavy atom. The summed E-state index contributed by atoms with van der Waals surface area (Å²) >= 11 is 0. The molecule has 1 aromatic carbocycles. The number of nitrogens with zero attached hydrogens (tertiary/aromatic N) is 3. The van der Waals surface area contributed by atoms with E-state index in [1.807, 2.05) is 6.07 Å². The average molecular weight is 353 g/mol. The third-order valence-corrected chi connectivity index (χ3v) is 4.02. The predicted octanol–water partition coefficient (Wildman–Crippen LogP) is 4.04. The van der Waals surface area contributed by atoms with Gasteiger partial charge in [0.05, 0.1) is 12.8 Å². The van der Waals surface area contributed by atoms with E-state index in [9.17, 15) is 13.2 Å². The number of benzene rings is 1. The van der Waals surface area contributed by atoms with Gasteiger partial charge in [-0.05, 0) is 37.5 Å². The molecule has 8 heteroatoms. The van der Waals surface area contributed by atoms with Crippen molar-refractivity contribution >= 4 is 5.82 Å². The first-order valence-electron chi connectivity index (χ1n) is 7.97. The van der Waals surface area contributed by atoms with Crippen LogP contribution in [0, 0.1) is 0 Å². The minimum Gasteiger partial charge on any atom is -0.493 e. The highest BCUT2D eigenvalue weighted by Crippen LogP contribution is 2.35. The van der Waals surface area contributed by atoms with Gasteiger partial charge in [-0.3, -0.25) is 0 Å². The number of ether oxygens (including phenoxy) is 2. The van der Waals surface area contributed by atoms with E-state index in [1.54, 1.807) is 0 Å². The monoisotopic (exact) mass is 353 g/mol. The van der Waals surface area contributed by atoms with E-state index in [4.69, 9.17) is 4.74 Å². The largest absolute Gasteiger partial charge is 0.573 e. The maximum atomic E-state index is 12.4. The first-order valence-corrected chi connectivity index (χ1v) is 7.97. The average Bonchev–Trinajstić information content (AvgIpc) is 2.61. The summed E-state index contributed by atoms with van der Waals surface area (Å²) in [6.45, 7) is 1.89. The van der Waals surface area contributed by atoms with Crippen molar-refractivity contribution < 1.29 is 22.6 Å². The van der Waals surface area contributed by atoms with E-state index in [1.165, 1.54) is 38.1 Å². The maximum absolute atomic E-state index is 12.4. The third kappa shape index (κ3) is 4.32. The van der Waals surface area contributed by atoms with Crippen LogP contribution >= 0.6 is 0 Å². The van der Waals surface area contributed by atoms with Crippen LogP contribution in [0.2, 0.25) is 0 Å². The van der Waals surface area contributed by atoms with Crippen LogP contribution in [0.5, 0.6) is 11.5 Å². The van der Waals surface area contributed by atoms with Crippen molar-refractivity contribution in [3.05, 3.63) is 30.6 Å². The first-order chi connectivity index (χ1) is 12.0. The Morgan fingerprint density at radius 1 is 1.00 bits per heavy atom. The summed E-state index contributed by atoms with van der Waals surface area (Å²) in [7, 11) is 1.29. The molecule has 2 aromatic rings. The number of hydrogen-bond acceptors (Lipinski definition) is 5. The summed E-state index contributed by atoms with van der Waals surface area (Å²) in [5.41, 5.74) is 1.25. The van der Waals surface area contributed by atoms with Crippen LogP contribution in [0.1, 0.15) is 19.3 Å². The number of methoxy groups -OCH3 is 1. The predicted molar refractivity (Wildman–Crippen MR) is 86.8 cm³/mol. The molecule has 0 radical (unpaired) electrons. The molecule has 25 heavy (non-hydrogen) atoms. The van der Waals surface area contributed by atoms with Gasteiger partial charge in [0.15, 0.2) is 11.5 Å². The lowest BCUT2D eigenvalue weighted by Gasteiger charge is -2.27. The highest BCUT2D eigenvalue weighted by atomic mass is 19.4. The summed E-state index contributed by atoms with van der Waals surface area (Å²) in [5, 5.41) is 0. The van der Waals surface area contributed by atoms with Crippen molar-refractivity contribution in [3.8, 4) is 22.8 Å². The second kappa shape index (κ2) is 7.16. The van der Waals surface area contributed by atoms with E-state index in [-0.39, 0.29) is 11.5 Å². The molecule has 0 unspecified atom stereocenters. The zero-order chi connectivity index (χ0) is 17.9. The zero-order valence-corrected chi connectivity index (χ0v) is 13.7. The number of aromatic nitrogens is 2. The number of halogens is 3. The molecule has 0 aliphatic carbocycles. The maximum Gasteiger partial charge on any atom is 0.573 e. The first kappa shape index (κ1) is 17.3. The van der Waals surface area contributed by atoms with Crippen molar-refractivity contribution in [2.45, 2.75) is 25.6 Å². The molecular weight excluding hydrogens is 335 g/mol. The van der Waals surface area contributed by atoms with Gasteiger partial charge in [0, 0.05) is 24.7 Å². The summed E-state index contributed by atoms with van der Waals surface area (Å²) in [4.78, 5) is 10.7. The zero-order valence-electron chi connectivity index (χ0n) is 13.7. The van der Waals surface area contributed by atoms with Gasteiger partial charge in [-0.15, -0.1) is 13.2 Å². The lowest BCUT2D eigenvalue weighted by Crippen LogP contribution is -2.30. The standard InChI is InChI=1S/C17H18F3N3O2/c1-24-15-9-12(5-6-14(15)25-17(18,19)20)13-10-16(22-11-21-13)23-7-3-2-4-8-23/h5-6,9-11H,2-4,7-8H2,1H3. The molecular formula is C17H18F3N3O2. The summed E-state index contributed by atoms with van der Waals surface area (Å²) in [5.74, 6) is 0.427. The Hall–Kier alpha value is -2.51. The Balaban J connectivity index is 1.88. The van der Waals surface area contributed by atoms with Crippen LogP contribution < -0.4 is 14.4 Å². The van der Waals surface area contributed by atoms with E-state index >= 15 is 0 Å².